The molecule has 7 heteroatoms. The molecule has 0 heterocycles. The second kappa shape index (κ2) is 22.8. The summed E-state index contributed by atoms with van der Waals surface area (Å²) in [6, 6.07) is 0. The van der Waals surface area contributed by atoms with Crippen molar-refractivity contribution < 1.29 is 21.5 Å². The molecule has 0 saturated heterocycles. The molecule has 26 heavy (non-hydrogen) atoms. The molecule has 6 nitrogen and oxygen atoms in total. The van der Waals surface area contributed by atoms with Crippen LogP contribution in [0.2, 0.25) is 0 Å². The van der Waals surface area contributed by atoms with Gasteiger partial charge >= 0.3 is 10.4 Å². The smallest absolute Gasteiger partial charge is 0.382 e. The average molecular weight is 400 g/mol. The lowest BCUT2D eigenvalue weighted by atomic mass is 10.1. The third-order valence-electron chi connectivity index (χ3n) is 3.44. The van der Waals surface area contributed by atoms with Crippen molar-refractivity contribution in [2.75, 3.05) is 19.8 Å². The predicted molar refractivity (Wildman–Crippen MR) is 110 cm³/mol. The Balaban J connectivity index is -0.000000772. The molecule has 0 bridgehead atoms. The summed E-state index contributed by atoms with van der Waals surface area (Å²) in [7, 11) is -3.79. The van der Waals surface area contributed by atoms with Crippen molar-refractivity contribution in [2.45, 2.75) is 105 Å². The molecule has 0 aromatic carbocycles. The highest BCUT2D eigenvalue weighted by atomic mass is 32.3. The molecule has 0 amide bonds. The van der Waals surface area contributed by atoms with Gasteiger partial charge in [-0.05, 0) is 34.1 Å². The normalized spacial score (nSPS) is 11.0. The highest BCUT2D eigenvalue weighted by Gasteiger charge is 2.13. The van der Waals surface area contributed by atoms with Crippen molar-refractivity contribution in [3.05, 3.63) is 0 Å². The molecule has 0 aromatic heterocycles. The van der Waals surface area contributed by atoms with Crippen LogP contribution < -0.4 is 6.15 Å². The molecule has 162 valence electrons. The minimum atomic E-state index is -3.79. The third-order valence-corrected chi connectivity index (χ3v) is 4.52. The maximum Gasteiger partial charge on any atom is 0.400 e. The largest absolute Gasteiger partial charge is 0.400 e. The molecular formula is C19H45NO5S. The fourth-order valence-corrected chi connectivity index (χ4v) is 3.07. The van der Waals surface area contributed by atoms with E-state index in [1.54, 1.807) is 13.8 Å². The number of hydrogen-bond acceptors (Lipinski definition) is 6. The maximum absolute atomic E-state index is 11.3. The van der Waals surface area contributed by atoms with Gasteiger partial charge in [0, 0.05) is 13.2 Å². The van der Waals surface area contributed by atoms with Crippen LogP contribution in [-0.2, 0) is 23.5 Å². The summed E-state index contributed by atoms with van der Waals surface area (Å²) in [5.74, 6) is 0. The molecule has 0 aliphatic rings. The fourth-order valence-electron chi connectivity index (χ4n) is 2.22. The predicted octanol–water partition coefficient (Wildman–Crippen LogP) is 5.80. The molecular weight excluding hydrogens is 354 g/mol. The van der Waals surface area contributed by atoms with Crippen LogP contribution in [-0.4, -0.2) is 34.3 Å². The van der Waals surface area contributed by atoms with Crippen molar-refractivity contribution in [1.29, 1.82) is 0 Å². The Kier molecular flexibility index (Phi) is 26.8. The van der Waals surface area contributed by atoms with Crippen LogP contribution in [0.5, 0.6) is 0 Å². The average Bonchev–Trinajstić information content (AvgIpc) is 2.52. The van der Waals surface area contributed by atoms with Gasteiger partial charge in [0.25, 0.3) is 0 Å². The summed E-state index contributed by atoms with van der Waals surface area (Å²) in [6.45, 7) is 11.5. The molecule has 0 spiro atoms. The van der Waals surface area contributed by atoms with Crippen molar-refractivity contribution >= 4 is 10.4 Å². The van der Waals surface area contributed by atoms with Gasteiger partial charge < -0.3 is 10.9 Å². The Bertz CT molecular complexity index is 346. The lowest BCUT2D eigenvalue weighted by Crippen LogP contribution is -2.15. The number of hydrogen-bond donors (Lipinski definition) is 1. The fraction of sp³-hybridized carbons (Fsp3) is 1.00. The highest BCUT2D eigenvalue weighted by Crippen LogP contribution is 2.11. The Hall–Kier alpha value is -0.210. The number of unbranched alkanes of at least 4 members (excludes halogenated alkanes) is 9. The SMILES string of the molecule is CCCCCCCCCCCCOS(=O)(=O)OC(C)C.CCOCC.N. The highest BCUT2D eigenvalue weighted by molar-refractivity contribution is 7.81. The maximum atomic E-state index is 11.3. The molecule has 0 aromatic rings. The molecule has 0 aliphatic heterocycles. The Morgan fingerprint density at radius 1 is 0.731 bits per heavy atom. The standard InChI is InChI=1S/C15H32O4S.C4H10O.H3N/c1-4-5-6-7-8-9-10-11-12-13-14-18-20(16,17)19-15(2)3;1-3-5-4-2;/h15H,4-14H2,1-3H3;3-4H2,1-2H3;1H3. The van der Waals surface area contributed by atoms with Crippen LogP contribution in [0, 0.1) is 0 Å². The van der Waals surface area contributed by atoms with Crippen LogP contribution >= 0.6 is 0 Å². The zero-order valence-corrected chi connectivity index (χ0v) is 18.7. The lowest BCUT2D eigenvalue weighted by Gasteiger charge is -2.08. The van der Waals surface area contributed by atoms with Gasteiger partial charge in [0.05, 0.1) is 12.7 Å². The topological polar surface area (TPSA) is 96.8 Å². The van der Waals surface area contributed by atoms with Crippen molar-refractivity contribution in [2.24, 2.45) is 0 Å². The zero-order valence-electron chi connectivity index (χ0n) is 17.9. The van der Waals surface area contributed by atoms with Crippen LogP contribution in [0.1, 0.15) is 98.8 Å². The first-order valence-corrected chi connectivity index (χ1v) is 11.4. The van der Waals surface area contributed by atoms with Gasteiger partial charge in [0.2, 0.25) is 0 Å². The first kappa shape index (κ1) is 30.5. The third kappa shape index (κ3) is 28.6. The van der Waals surface area contributed by atoms with Crippen molar-refractivity contribution in [3.63, 3.8) is 0 Å². The molecule has 3 N–H and O–H groups in total. The first-order chi connectivity index (χ1) is 11.9. The minimum absolute atomic E-state index is 0. The van der Waals surface area contributed by atoms with Gasteiger partial charge in [0.15, 0.2) is 0 Å². The summed E-state index contributed by atoms with van der Waals surface area (Å²) < 4.78 is 36.8. The van der Waals surface area contributed by atoms with E-state index in [0.29, 0.717) is 0 Å². The van der Waals surface area contributed by atoms with Crippen molar-refractivity contribution in [1.82, 2.24) is 6.15 Å². The molecule has 0 atom stereocenters. The van der Waals surface area contributed by atoms with Gasteiger partial charge in [0.1, 0.15) is 0 Å². The van der Waals surface area contributed by atoms with Gasteiger partial charge in [-0.25, -0.2) is 8.37 Å². The second-order valence-electron chi connectivity index (χ2n) is 6.34. The van der Waals surface area contributed by atoms with E-state index < -0.39 is 10.4 Å². The van der Waals surface area contributed by atoms with E-state index in [9.17, 15) is 8.42 Å². The van der Waals surface area contributed by atoms with E-state index in [0.717, 1.165) is 32.5 Å². The molecule has 0 saturated carbocycles. The van der Waals surface area contributed by atoms with Gasteiger partial charge in [-0.3, -0.25) is 0 Å². The first-order valence-electron chi connectivity index (χ1n) is 10.0. The van der Waals surface area contributed by atoms with Crippen LogP contribution in [0.15, 0.2) is 0 Å². The summed E-state index contributed by atoms with van der Waals surface area (Å²) in [4.78, 5) is 0. The van der Waals surface area contributed by atoms with Crippen LogP contribution in [0.3, 0.4) is 0 Å². The summed E-state index contributed by atoms with van der Waals surface area (Å²) >= 11 is 0. The second-order valence-corrected chi connectivity index (χ2v) is 7.58. The molecule has 0 radical (unpaired) electrons. The molecule has 0 fully saturated rings. The molecule has 0 unspecified atom stereocenters. The lowest BCUT2D eigenvalue weighted by molar-refractivity contribution is 0.162. The minimum Gasteiger partial charge on any atom is -0.382 e. The quantitative estimate of drug-likeness (QED) is 0.329. The zero-order chi connectivity index (χ0) is 19.4. The van der Waals surface area contributed by atoms with E-state index in [2.05, 4.69) is 11.1 Å². The monoisotopic (exact) mass is 399 g/mol. The number of rotatable bonds is 16. The van der Waals surface area contributed by atoms with Crippen LogP contribution in [0.25, 0.3) is 0 Å². The molecule has 0 rings (SSSR count). The van der Waals surface area contributed by atoms with E-state index in [-0.39, 0.29) is 18.9 Å². The Labute approximate surface area is 163 Å². The summed E-state index contributed by atoms with van der Waals surface area (Å²) in [5, 5.41) is 0. The summed E-state index contributed by atoms with van der Waals surface area (Å²) in [6.07, 6.45) is 11.8. The van der Waals surface area contributed by atoms with E-state index in [4.69, 9.17) is 8.92 Å². The van der Waals surface area contributed by atoms with Crippen LogP contribution in [0.4, 0.5) is 0 Å². The number of ether oxygens (including phenoxy) is 1. The van der Waals surface area contributed by atoms with Gasteiger partial charge in [-0.2, -0.15) is 8.42 Å². The van der Waals surface area contributed by atoms with Gasteiger partial charge in [-0.15, -0.1) is 0 Å². The molecule has 0 aliphatic carbocycles. The van der Waals surface area contributed by atoms with E-state index in [1.165, 1.54) is 44.9 Å². The summed E-state index contributed by atoms with van der Waals surface area (Å²) in [5.41, 5.74) is 0. The Morgan fingerprint density at radius 2 is 1.15 bits per heavy atom. The van der Waals surface area contributed by atoms with Gasteiger partial charge in [-0.1, -0.05) is 64.7 Å². The van der Waals surface area contributed by atoms with E-state index in [1.807, 2.05) is 13.8 Å². The van der Waals surface area contributed by atoms with Crippen molar-refractivity contribution in [3.8, 4) is 0 Å². The Morgan fingerprint density at radius 3 is 1.50 bits per heavy atom. The van der Waals surface area contributed by atoms with E-state index >= 15 is 0 Å².